The van der Waals surface area contributed by atoms with Crippen molar-refractivity contribution in [1.29, 1.82) is 0 Å². The van der Waals surface area contributed by atoms with Crippen LogP contribution in [-0.2, 0) is 0 Å². The summed E-state index contributed by atoms with van der Waals surface area (Å²) in [6.45, 7) is 0. The lowest BCUT2D eigenvalue weighted by molar-refractivity contribution is 0.0685. The average Bonchev–Trinajstić information content (AvgIpc) is 2.55. The van der Waals surface area contributed by atoms with E-state index in [-0.39, 0.29) is 5.69 Å². The maximum Gasteiger partial charge on any atom is 0.355 e. The van der Waals surface area contributed by atoms with Crippen LogP contribution < -0.4 is 0 Å². The maximum atomic E-state index is 11.4. The molecule has 0 spiro atoms. The van der Waals surface area contributed by atoms with Crippen LogP contribution in [-0.4, -0.2) is 27.3 Å². The van der Waals surface area contributed by atoms with Gasteiger partial charge in [-0.25, -0.2) is 14.8 Å². The van der Waals surface area contributed by atoms with Gasteiger partial charge in [0.15, 0.2) is 10.9 Å². The van der Waals surface area contributed by atoms with E-state index in [0.29, 0.717) is 10.1 Å². The number of fused-ring (bicyclic) bond motifs is 1. The van der Waals surface area contributed by atoms with Crippen molar-refractivity contribution in [3.8, 4) is 0 Å². The van der Waals surface area contributed by atoms with Gasteiger partial charge in [0.05, 0.1) is 4.90 Å². The van der Waals surface area contributed by atoms with Gasteiger partial charge in [0.25, 0.3) is 0 Å². The molecule has 0 unspecified atom stereocenters. The van der Waals surface area contributed by atoms with E-state index in [0.717, 1.165) is 15.7 Å². The van der Waals surface area contributed by atoms with Gasteiger partial charge in [-0.05, 0) is 29.2 Å². The van der Waals surface area contributed by atoms with Gasteiger partial charge in [0, 0.05) is 11.1 Å². The molecule has 1 heterocycles. The summed E-state index contributed by atoms with van der Waals surface area (Å²) in [5.74, 6) is -1.04. The Hall–Kier alpha value is -2.05. The number of hydrogen-bond donors (Lipinski definition) is 1. The van der Waals surface area contributed by atoms with Crippen LogP contribution >= 0.6 is 23.5 Å². The third-order valence-electron chi connectivity index (χ3n) is 3.07. The number of carboxylic acid groups (broad SMARTS) is 1. The van der Waals surface area contributed by atoms with Crippen molar-refractivity contribution in [2.24, 2.45) is 0 Å². The molecule has 4 nitrogen and oxygen atoms in total. The van der Waals surface area contributed by atoms with Crippen LogP contribution in [0.2, 0.25) is 0 Å². The Balaban J connectivity index is 1.98. The molecule has 3 rings (SSSR count). The Labute approximate surface area is 136 Å². The molecule has 0 amide bonds. The Morgan fingerprint density at radius 1 is 1.14 bits per heavy atom. The molecule has 0 aliphatic carbocycles. The molecule has 0 saturated carbocycles. The van der Waals surface area contributed by atoms with E-state index in [9.17, 15) is 9.90 Å². The van der Waals surface area contributed by atoms with E-state index in [1.807, 2.05) is 48.7 Å². The van der Waals surface area contributed by atoms with Gasteiger partial charge >= 0.3 is 5.97 Å². The van der Waals surface area contributed by atoms with E-state index in [1.54, 1.807) is 6.20 Å². The number of thioether (sulfide) groups is 1. The molecule has 0 atom stereocenters. The van der Waals surface area contributed by atoms with Crippen LogP contribution in [0.1, 0.15) is 10.5 Å². The van der Waals surface area contributed by atoms with E-state index in [4.69, 9.17) is 0 Å². The molecule has 0 saturated heterocycles. The number of hydrogen-bond acceptors (Lipinski definition) is 5. The molecule has 2 aromatic carbocycles. The molecule has 0 bridgehead atoms. The first-order chi connectivity index (χ1) is 10.7. The highest BCUT2D eigenvalue weighted by Crippen LogP contribution is 2.32. The number of nitrogens with zero attached hydrogens (tertiary/aromatic N) is 2. The number of carbonyl (C=O) groups is 1. The van der Waals surface area contributed by atoms with Crippen LogP contribution in [0, 0.1) is 0 Å². The summed E-state index contributed by atoms with van der Waals surface area (Å²) in [5, 5.41) is 12.0. The Morgan fingerprint density at radius 3 is 2.64 bits per heavy atom. The molecular formula is C16H12N2O2S2. The quantitative estimate of drug-likeness (QED) is 0.572. The number of aromatic nitrogens is 2. The van der Waals surface area contributed by atoms with Crippen LogP contribution in [0.25, 0.3) is 10.8 Å². The topological polar surface area (TPSA) is 63.1 Å². The Kier molecular flexibility index (Phi) is 4.31. The largest absolute Gasteiger partial charge is 0.476 e. The highest BCUT2D eigenvalue weighted by atomic mass is 32.2. The summed E-state index contributed by atoms with van der Waals surface area (Å²) < 4.78 is 0. The number of benzene rings is 2. The first-order valence-corrected chi connectivity index (χ1v) is 8.52. The minimum absolute atomic E-state index is 0.0394. The van der Waals surface area contributed by atoms with E-state index in [2.05, 4.69) is 9.97 Å². The van der Waals surface area contributed by atoms with Gasteiger partial charge in [-0.3, -0.25) is 0 Å². The molecule has 110 valence electrons. The minimum Gasteiger partial charge on any atom is -0.476 e. The molecule has 0 aliphatic heterocycles. The molecule has 0 fully saturated rings. The van der Waals surface area contributed by atoms with Gasteiger partial charge < -0.3 is 5.11 Å². The molecule has 1 aromatic heterocycles. The van der Waals surface area contributed by atoms with Gasteiger partial charge in [-0.1, -0.05) is 53.9 Å². The maximum absolute atomic E-state index is 11.4. The van der Waals surface area contributed by atoms with Crippen molar-refractivity contribution in [1.82, 2.24) is 9.97 Å². The monoisotopic (exact) mass is 328 g/mol. The van der Waals surface area contributed by atoms with Crippen LogP contribution in [0.5, 0.6) is 0 Å². The van der Waals surface area contributed by atoms with Crippen molar-refractivity contribution in [3.05, 3.63) is 54.4 Å². The van der Waals surface area contributed by atoms with Gasteiger partial charge in [0.1, 0.15) is 0 Å². The van der Waals surface area contributed by atoms with Crippen molar-refractivity contribution in [2.75, 3.05) is 6.26 Å². The van der Waals surface area contributed by atoms with Gasteiger partial charge in [0.2, 0.25) is 0 Å². The Morgan fingerprint density at radius 2 is 1.91 bits per heavy atom. The molecule has 3 aromatic rings. The van der Waals surface area contributed by atoms with Crippen LogP contribution in [0.3, 0.4) is 0 Å². The smallest absolute Gasteiger partial charge is 0.355 e. The van der Waals surface area contributed by atoms with Crippen molar-refractivity contribution >= 4 is 40.3 Å². The summed E-state index contributed by atoms with van der Waals surface area (Å²) in [4.78, 5) is 21.1. The normalized spacial score (nSPS) is 10.8. The second-order valence-electron chi connectivity index (χ2n) is 4.49. The summed E-state index contributed by atoms with van der Waals surface area (Å²) in [7, 11) is 0. The summed E-state index contributed by atoms with van der Waals surface area (Å²) >= 11 is 2.68. The zero-order valence-corrected chi connectivity index (χ0v) is 13.3. The third-order valence-corrected chi connectivity index (χ3v) is 4.64. The van der Waals surface area contributed by atoms with E-state index < -0.39 is 5.97 Å². The lowest BCUT2D eigenvalue weighted by atomic mass is 10.1. The standard InChI is InChI=1S/C16H12N2O2S2/c1-21-16-17-9-13(14(18-16)15(19)20)22-12-7-6-10-4-2-3-5-11(10)8-12/h2-9H,1H3,(H,19,20). The van der Waals surface area contributed by atoms with Crippen molar-refractivity contribution in [2.45, 2.75) is 14.9 Å². The molecule has 6 heteroatoms. The summed E-state index contributed by atoms with van der Waals surface area (Å²) in [5.41, 5.74) is 0.0394. The fourth-order valence-corrected chi connectivity index (χ4v) is 3.29. The lowest BCUT2D eigenvalue weighted by Crippen LogP contribution is -2.04. The SMILES string of the molecule is CSc1ncc(Sc2ccc3ccccc3c2)c(C(=O)O)n1. The van der Waals surface area contributed by atoms with Gasteiger partial charge in [-0.15, -0.1) is 0 Å². The van der Waals surface area contributed by atoms with Gasteiger partial charge in [-0.2, -0.15) is 0 Å². The molecule has 0 radical (unpaired) electrons. The lowest BCUT2D eigenvalue weighted by Gasteiger charge is -2.07. The Bertz CT molecular complexity index is 852. The van der Waals surface area contributed by atoms with E-state index in [1.165, 1.54) is 23.5 Å². The zero-order valence-electron chi connectivity index (χ0n) is 11.7. The second-order valence-corrected chi connectivity index (χ2v) is 6.37. The number of rotatable bonds is 4. The third kappa shape index (κ3) is 3.08. The van der Waals surface area contributed by atoms with Crippen molar-refractivity contribution < 1.29 is 9.90 Å². The minimum atomic E-state index is -1.04. The number of aromatic carboxylic acids is 1. The molecular weight excluding hydrogens is 316 g/mol. The summed E-state index contributed by atoms with van der Waals surface area (Å²) in [6.07, 6.45) is 3.39. The molecule has 0 aliphatic rings. The predicted molar refractivity (Wildman–Crippen MR) is 88.8 cm³/mol. The zero-order chi connectivity index (χ0) is 15.5. The number of carboxylic acids is 1. The molecule has 22 heavy (non-hydrogen) atoms. The average molecular weight is 328 g/mol. The fourth-order valence-electron chi connectivity index (χ4n) is 2.04. The first kappa shape index (κ1) is 14.9. The van der Waals surface area contributed by atoms with Crippen molar-refractivity contribution in [3.63, 3.8) is 0 Å². The highest BCUT2D eigenvalue weighted by Gasteiger charge is 2.15. The fraction of sp³-hybridized carbons (Fsp3) is 0.0625. The molecule has 1 N–H and O–H groups in total. The van der Waals surface area contributed by atoms with Crippen LogP contribution in [0.4, 0.5) is 0 Å². The van der Waals surface area contributed by atoms with Crippen LogP contribution in [0.15, 0.2) is 63.6 Å². The van der Waals surface area contributed by atoms with E-state index >= 15 is 0 Å². The summed E-state index contributed by atoms with van der Waals surface area (Å²) in [6, 6.07) is 14.1. The second kappa shape index (κ2) is 6.37. The predicted octanol–water partition coefficient (Wildman–Crippen LogP) is 4.20. The highest BCUT2D eigenvalue weighted by molar-refractivity contribution is 7.99. The first-order valence-electron chi connectivity index (χ1n) is 6.48.